The fraction of sp³-hybridized carbons (Fsp3) is 0.222. The molecule has 1 atom stereocenters. The van der Waals surface area contributed by atoms with E-state index >= 15 is 0 Å². The molecule has 0 radical (unpaired) electrons. The number of aldehydes is 1. The molecule has 1 rings (SSSR count). The summed E-state index contributed by atoms with van der Waals surface area (Å²) >= 11 is 0. The molecule has 0 bridgehead atoms. The van der Waals surface area contributed by atoms with E-state index < -0.39 is 6.29 Å². The molecule has 0 aliphatic rings. The van der Waals surface area contributed by atoms with E-state index in [1.807, 2.05) is 0 Å². The summed E-state index contributed by atoms with van der Waals surface area (Å²) in [4.78, 5) is 10.3. The molecule has 1 unspecified atom stereocenters. The van der Waals surface area contributed by atoms with E-state index in [4.69, 9.17) is 0 Å². The molecule has 12 heavy (non-hydrogen) atoms. The van der Waals surface area contributed by atoms with Crippen molar-refractivity contribution in [3.05, 3.63) is 35.4 Å². The van der Waals surface area contributed by atoms with Gasteiger partial charge in [0.05, 0.1) is 0 Å². The SMILES string of the molecule is COC(O)c1cccc(C=O)c1. The first-order valence-electron chi connectivity index (χ1n) is 3.54. The minimum atomic E-state index is -0.954. The van der Waals surface area contributed by atoms with Gasteiger partial charge >= 0.3 is 0 Å². The Hall–Kier alpha value is -1.19. The number of hydrogen-bond donors (Lipinski definition) is 1. The number of ether oxygens (including phenoxy) is 1. The van der Waals surface area contributed by atoms with Gasteiger partial charge < -0.3 is 9.84 Å². The molecule has 0 aliphatic heterocycles. The van der Waals surface area contributed by atoms with E-state index in [9.17, 15) is 9.90 Å². The Morgan fingerprint density at radius 3 is 2.92 bits per heavy atom. The lowest BCUT2D eigenvalue weighted by atomic mass is 10.1. The van der Waals surface area contributed by atoms with Crippen molar-refractivity contribution in [3.8, 4) is 0 Å². The summed E-state index contributed by atoms with van der Waals surface area (Å²) in [5.41, 5.74) is 1.12. The largest absolute Gasteiger partial charge is 0.364 e. The number of carbonyl (C=O) groups excluding carboxylic acids is 1. The molecular weight excluding hydrogens is 156 g/mol. The lowest BCUT2D eigenvalue weighted by Crippen LogP contribution is -1.99. The molecule has 0 aliphatic carbocycles. The third kappa shape index (κ3) is 1.90. The van der Waals surface area contributed by atoms with Crippen molar-refractivity contribution in [3.63, 3.8) is 0 Å². The second-order valence-corrected chi connectivity index (χ2v) is 2.38. The van der Waals surface area contributed by atoms with Gasteiger partial charge in [0.1, 0.15) is 6.29 Å². The number of methoxy groups -OCH3 is 1. The summed E-state index contributed by atoms with van der Waals surface area (Å²) in [5.74, 6) is 0. The van der Waals surface area contributed by atoms with E-state index in [1.54, 1.807) is 24.3 Å². The second kappa shape index (κ2) is 3.99. The zero-order valence-electron chi connectivity index (χ0n) is 6.73. The van der Waals surface area contributed by atoms with Gasteiger partial charge in [-0.25, -0.2) is 0 Å². The van der Waals surface area contributed by atoms with Crippen LogP contribution in [0.4, 0.5) is 0 Å². The maximum Gasteiger partial charge on any atom is 0.180 e. The summed E-state index contributed by atoms with van der Waals surface area (Å²) in [6.07, 6.45) is -0.226. The van der Waals surface area contributed by atoms with Crippen molar-refractivity contribution in [1.29, 1.82) is 0 Å². The normalized spacial score (nSPS) is 12.5. The first kappa shape index (κ1) is 8.90. The van der Waals surface area contributed by atoms with Gasteiger partial charge in [0.15, 0.2) is 6.29 Å². The summed E-state index contributed by atoms with van der Waals surface area (Å²) < 4.78 is 4.68. The third-order valence-corrected chi connectivity index (χ3v) is 1.56. The maximum absolute atomic E-state index is 10.3. The first-order chi connectivity index (χ1) is 5.77. The minimum Gasteiger partial charge on any atom is -0.364 e. The molecule has 0 amide bonds. The fourth-order valence-electron chi connectivity index (χ4n) is 0.922. The molecule has 0 aromatic heterocycles. The Labute approximate surface area is 70.6 Å². The predicted octanol–water partition coefficient (Wildman–Crippen LogP) is 1.14. The highest BCUT2D eigenvalue weighted by Crippen LogP contribution is 2.13. The van der Waals surface area contributed by atoms with E-state index in [0.29, 0.717) is 11.1 Å². The average molecular weight is 166 g/mol. The predicted molar refractivity (Wildman–Crippen MR) is 43.8 cm³/mol. The molecule has 1 N–H and O–H groups in total. The lowest BCUT2D eigenvalue weighted by Gasteiger charge is -2.07. The topological polar surface area (TPSA) is 46.5 Å². The monoisotopic (exact) mass is 166 g/mol. The number of carbonyl (C=O) groups is 1. The smallest absolute Gasteiger partial charge is 0.180 e. The molecule has 64 valence electrons. The summed E-state index contributed by atoms with van der Waals surface area (Å²) in [5, 5.41) is 9.21. The first-order valence-corrected chi connectivity index (χ1v) is 3.54. The molecule has 1 aromatic carbocycles. The highest BCUT2D eigenvalue weighted by molar-refractivity contribution is 5.74. The van der Waals surface area contributed by atoms with Crippen LogP contribution in [0.2, 0.25) is 0 Å². The van der Waals surface area contributed by atoms with Crippen molar-refractivity contribution in [2.45, 2.75) is 6.29 Å². The van der Waals surface area contributed by atoms with Crippen LogP contribution in [0.15, 0.2) is 24.3 Å². The second-order valence-electron chi connectivity index (χ2n) is 2.38. The lowest BCUT2D eigenvalue weighted by molar-refractivity contribution is -0.0769. The number of aliphatic hydroxyl groups excluding tert-OH is 1. The zero-order valence-corrected chi connectivity index (χ0v) is 6.73. The van der Waals surface area contributed by atoms with Crippen LogP contribution in [-0.2, 0) is 4.74 Å². The van der Waals surface area contributed by atoms with Gasteiger partial charge in [-0.1, -0.05) is 18.2 Å². The van der Waals surface area contributed by atoms with E-state index in [-0.39, 0.29) is 0 Å². The summed E-state index contributed by atoms with van der Waals surface area (Å²) in [7, 11) is 1.40. The molecule has 0 fully saturated rings. The quantitative estimate of drug-likeness (QED) is 0.541. The van der Waals surface area contributed by atoms with E-state index in [1.165, 1.54) is 7.11 Å². The molecule has 3 nitrogen and oxygen atoms in total. The standard InChI is InChI=1S/C9H10O3/c1-12-9(11)8-4-2-3-7(5-8)6-10/h2-6,9,11H,1H3. The van der Waals surface area contributed by atoms with Gasteiger partial charge in [-0.05, 0) is 6.07 Å². The summed E-state index contributed by atoms with van der Waals surface area (Å²) in [6, 6.07) is 6.64. The van der Waals surface area contributed by atoms with Gasteiger partial charge in [0.25, 0.3) is 0 Å². The van der Waals surface area contributed by atoms with Crippen molar-refractivity contribution >= 4 is 6.29 Å². The van der Waals surface area contributed by atoms with Crippen LogP contribution < -0.4 is 0 Å². The van der Waals surface area contributed by atoms with Crippen molar-refractivity contribution < 1.29 is 14.6 Å². The molecular formula is C9H10O3. The van der Waals surface area contributed by atoms with Gasteiger partial charge in [-0.15, -0.1) is 0 Å². The molecule has 0 saturated carbocycles. The van der Waals surface area contributed by atoms with Crippen molar-refractivity contribution in [2.24, 2.45) is 0 Å². The van der Waals surface area contributed by atoms with Gasteiger partial charge in [0, 0.05) is 18.2 Å². The van der Waals surface area contributed by atoms with Crippen molar-refractivity contribution in [2.75, 3.05) is 7.11 Å². The van der Waals surface area contributed by atoms with Crippen LogP contribution >= 0.6 is 0 Å². The highest BCUT2D eigenvalue weighted by atomic mass is 16.6. The number of benzene rings is 1. The van der Waals surface area contributed by atoms with Crippen LogP contribution in [-0.4, -0.2) is 18.5 Å². The molecule has 3 heteroatoms. The highest BCUT2D eigenvalue weighted by Gasteiger charge is 2.04. The Morgan fingerprint density at radius 1 is 1.58 bits per heavy atom. The maximum atomic E-state index is 10.3. The van der Waals surface area contributed by atoms with Gasteiger partial charge in [-0.2, -0.15) is 0 Å². The molecule has 0 saturated heterocycles. The van der Waals surface area contributed by atoms with Crippen LogP contribution in [0.5, 0.6) is 0 Å². The Morgan fingerprint density at radius 2 is 2.33 bits per heavy atom. The van der Waals surface area contributed by atoms with Crippen LogP contribution in [0.1, 0.15) is 22.2 Å². The van der Waals surface area contributed by atoms with Gasteiger partial charge in [-0.3, -0.25) is 4.79 Å². The Kier molecular flexibility index (Phi) is 2.96. The third-order valence-electron chi connectivity index (χ3n) is 1.56. The average Bonchev–Trinajstić information content (AvgIpc) is 2.17. The molecule has 0 spiro atoms. The Balaban J connectivity index is 2.93. The summed E-state index contributed by atoms with van der Waals surface area (Å²) in [6.45, 7) is 0. The minimum absolute atomic E-state index is 0.531. The Bertz CT molecular complexity index is 270. The fourth-order valence-corrected chi connectivity index (χ4v) is 0.922. The number of rotatable bonds is 3. The van der Waals surface area contributed by atoms with Gasteiger partial charge in [0.2, 0.25) is 0 Å². The zero-order chi connectivity index (χ0) is 8.97. The molecule has 1 aromatic rings. The number of aliphatic hydroxyl groups is 1. The van der Waals surface area contributed by atoms with E-state index in [2.05, 4.69) is 4.74 Å². The number of hydrogen-bond acceptors (Lipinski definition) is 3. The van der Waals surface area contributed by atoms with Crippen LogP contribution in [0, 0.1) is 0 Å². The van der Waals surface area contributed by atoms with Crippen LogP contribution in [0.25, 0.3) is 0 Å². The molecule has 0 heterocycles. The van der Waals surface area contributed by atoms with Crippen molar-refractivity contribution in [1.82, 2.24) is 0 Å². The van der Waals surface area contributed by atoms with Crippen LogP contribution in [0.3, 0.4) is 0 Å². The van der Waals surface area contributed by atoms with E-state index in [0.717, 1.165) is 6.29 Å².